The molecule has 0 aromatic carbocycles. The molecule has 0 bridgehead atoms. The van der Waals surface area contributed by atoms with E-state index in [1.165, 1.54) is 18.4 Å². The van der Waals surface area contributed by atoms with E-state index >= 15 is 0 Å². The molecule has 2 heterocycles. The molecule has 1 aliphatic rings. The van der Waals surface area contributed by atoms with Gasteiger partial charge in [-0.1, -0.05) is 13.8 Å². The van der Waals surface area contributed by atoms with Gasteiger partial charge in [0.1, 0.15) is 0 Å². The van der Waals surface area contributed by atoms with Crippen LogP contribution in [0.4, 0.5) is 0 Å². The highest BCUT2D eigenvalue weighted by atomic mass is 15.3. The lowest BCUT2D eigenvalue weighted by molar-refractivity contribution is 0.346. The molecule has 1 fully saturated rings. The van der Waals surface area contributed by atoms with Crippen molar-refractivity contribution in [2.24, 2.45) is 0 Å². The summed E-state index contributed by atoms with van der Waals surface area (Å²) in [6.45, 7) is 8.32. The molecule has 1 aliphatic heterocycles. The fourth-order valence-electron chi connectivity index (χ4n) is 1.69. The number of aromatic nitrogens is 2. The van der Waals surface area contributed by atoms with Gasteiger partial charge in [-0.3, -0.25) is 4.68 Å². The fraction of sp³-hybridized carbons (Fsp3) is 0.727. The molecule has 80 valence electrons. The standard InChI is InChI=1S/C9H15N3.C2H6/c1-8-5-11-12(7-8)9-3-2-4-10-6-9;1-2/h5,7,9-10H,2-4,6H2,1H3;1-2H3. The number of piperidine rings is 1. The minimum atomic E-state index is 0.576. The van der Waals surface area contributed by atoms with Gasteiger partial charge in [-0.2, -0.15) is 5.10 Å². The van der Waals surface area contributed by atoms with Crippen LogP contribution in [0.2, 0.25) is 0 Å². The van der Waals surface area contributed by atoms with Gasteiger partial charge in [0.15, 0.2) is 0 Å². The molecule has 0 spiro atoms. The van der Waals surface area contributed by atoms with Crippen molar-refractivity contribution in [3.63, 3.8) is 0 Å². The van der Waals surface area contributed by atoms with Crippen molar-refractivity contribution < 1.29 is 0 Å². The molecular formula is C11H21N3. The van der Waals surface area contributed by atoms with Crippen molar-refractivity contribution >= 4 is 0 Å². The molecule has 0 radical (unpaired) electrons. The van der Waals surface area contributed by atoms with Gasteiger partial charge in [-0.15, -0.1) is 0 Å². The normalized spacial score (nSPS) is 21.2. The average Bonchev–Trinajstić information content (AvgIpc) is 2.69. The Labute approximate surface area is 86.5 Å². The van der Waals surface area contributed by atoms with Crippen molar-refractivity contribution in [1.82, 2.24) is 15.1 Å². The smallest absolute Gasteiger partial charge is 0.0644 e. The van der Waals surface area contributed by atoms with Crippen LogP contribution >= 0.6 is 0 Å². The zero-order chi connectivity index (χ0) is 10.4. The SMILES string of the molecule is CC.Cc1cnn(C2CCCNC2)c1. The maximum Gasteiger partial charge on any atom is 0.0644 e. The lowest BCUT2D eigenvalue weighted by atomic mass is 10.1. The van der Waals surface area contributed by atoms with E-state index in [0.29, 0.717) is 6.04 Å². The van der Waals surface area contributed by atoms with Gasteiger partial charge < -0.3 is 5.32 Å². The zero-order valence-electron chi connectivity index (χ0n) is 9.45. The Morgan fingerprint density at radius 1 is 1.50 bits per heavy atom. The highest BCUT2D eigenvalue weighted by Gasteiger charge is 2.14. The molecule has 1 saturated heterocycles. The minimum Gasteiger partial charge on any atom is -0.315 e. The van der Waals surface area contributed by atoms with Crippen molar-refractivity contribution in [2.75, 3.05) is 13.1 Å². The highest BCUT2D eigenvalue weighted by molar-refractivity contribution is 5.00. The largest absolute Gasteiger partial charge is 0.315 e. The zero-order valence-corrected chi connectivity index (χ0v) is 9.45. The van der Waals surface area contributed by atoms with Gasteiger partial charge in [-0.25, -0.2) is 0 Å². The maximum atomic E-state index is 4.32. The van der Waals surface area contributed by atoms with Gasteiger partial charge in [0, 0.05) is 12.7 Å². The summed E-state index contributed by atoms with van der Waals surface area (Å²) in [4.78, 5) is 0. The Morgan fingerprint density at radius 3 is 2.79 bits per heavy atom. The number of nitrogens with zero attached hydrogens (tertiary/aromatic N) is 2. The van der Waals surface area contributed by atoms with E-state index in [1.54, 1.807) is 0 Å². The molecule has 0 amide bonds. The summed E-state index contributed by atoms with van der Waals surface area (Å²) in [5.74, 6) is 0. The summed E-state index contributed by atoms with van der Waals surface area (Å²) < 4.78 is 2.08. The Hall–Kier alpha value is -0.830. The topological polar surface area (TPSA) is 29.9 Å². The van der Waals surface area contributed by atoms with Crippen LogP contribution in [-0.2, 0) is 0 Å². The minimum absolute atomic E-state index is 0.576. The van der Waals surface area contributed by atoms with Gasteiger partial charge >= 0.3 is 0 Å². The Morgan fingerprint density at radius 2 is 2.29 bits per heavy atom. The molecule has 3 nitrogen and oxygen atoms in total. The van der Waals surface area contributed by atoms with Crippen LogP contribution in [0.5, 0.6) is 0 Å². The monoisotopic (exact) mass is 195 g/mol. The Kier molecular flexibility index (Phi) is 4.66. The molecule has 1 aromatic heterocycles. The summed E-state index contributed by atoms with van der Waals surface area (Å²) in [6, 6.07) is 0.576. The van der Waals surface area contributed by atoms with E-state index in [-0.39, 0.29) is 0 Å². The predicted molar refractivity (Wildman–Crippen MR) is 59.5 cm³/mol. The molecular weight excluding hydrogens is 174 g/mol. The van der Waals surface area contributed by atoms with Crippen LogP contribution in [0.3, 0.4) is 0 Å². The first-order valence-corrected chi connectivity index (χ1v) is 5.58. The number of rotatable bonds is 1. The van der Waals surface area contributed by atoms with Crippen molar-refractivity contribution in [3.8, 4) is 0 Å². The first kappa shape index (κ1) is 11.2. The van der Waals surface area contributed by atoms with Gasteiger partial charge in [0.25, 0.3) is 0 Å². The van der Waals surface area contributed by atoms with Gasteiger partial charge in [0.2, 0.25) is 0 Å². The first-order valence-electron chi connectivity index (χ1n) is 5.58. The van der Waals surface area contributed by atoms with E-state index in [4.69, 9.17) is 0 Å². The number of aryl methyl sites for hydroxylation is 1. The van der Waals surface area contributed by atoms with Crippen LogP contribution in [0.15, 0.2) is 12.4 Å². The molecule has 0 saturated carbocycles. The molecule has 1 aromatic rings. The van der Waals surface area contributed by atoms with Crippen molar-refractivity contribution in [2.45, 2.75) is 39.7 Å². The lowest BCUT2D eigenvalue weighted by Gasteiger charge is -2.22. The second kappa shape index (κ2) is 5.81. The van der Waals surface area contributed by atoms with E-state index < -0.39 is 0 Å². The van der Waals surface area contributed by atoms with Gasteiger partial charge in [0.05, 0.1) is 12.2 Å². The fourth-order valence-corrected chi connectivity index (χ4v) is 1.69. The summed E-state index contributed by atoms with van der Waals surface area (Å²) in [5, 5.41) is 7.70. The van der Waals surface area contributed by atoms with Crippen molar-refractivity contribution in [1.29, 1.82) is 0 Å². The highest BCUT2D eigenvalue weighted by Crippen LogP contribution is 2.15. The van der Waals surface area contributed by atoms with Crippen molar-refractivity contribution in [3.05, 3.63) is 18.0 Å². The van der Waals surface area contributed by atoms with Crippen LogP contribution in [-0.4, -0.2) is 22.9 Å². The Balaban J connectivity index is 0.000000461. The van der Waals surface area contributed by atoms with Crippen LogP contribution in [0.1, 0.15) is 38.3 Å². The van der Waals surface area contributed by atoms with E-state index in [0.717, 1.165) is 13.1 Å². The molecule has 1 N–H and O–H groups in total. The predicted octanol–water partition coefficient (Wildman–Crippen LogP) is 2.14. The third kappa shape index (κ3) is 2.84. The Bertz CT molecular complexity index is 249. The molecule has 14 heavy (non-hydrogen) atoms. The summed E-state index contributed by atoms with van der Waals surface area (Å²) in [7, 11) is 0. The maximum absolute atomic E-state index is 4.32. The average molecular weight is 195 g/mol. The van der Waals surface area contributed by atoms with E-state index in [9.17, 15) is 0 Å². The van der Waals surface area contributed by atoms with E-state index in [2.05, 4.69) is 28.2 Å². The van der Waals surface area contributed by atoms with E-state index in [1.807, 2.05) is 20.0 Å². The molecule has 2 rings (SSSR count). The number of hydrogen-bond donors (Lipinski definition) is 1. The van der Waals surface area contributed by atoms with Crippen LogP contribution in [0.25, 0.3) is 0 Å². The molecule has 3 heteroatoms. The second-order valence-corrected chi connectivity index (χ2v) is 3.50. The first-order chi connectivity index (χ1) is 6.86. The lowest BCUT2D eigenvalue weighted by Crippen LogP contribution is -2.31. The summed E-state index contributed by atoms with van der Waals surface area (Å²) in [6.07, 6.45) is 6.57. The van der Waals surface area contributed by atoms with Gasteiger partial charge in [-0.05, 0) is 31.9 Å². The number of hydrogen-bond acceptors (Lipinski definition) is 2. The summed E-state index contributed by atoms with van der Waals surface area (Å²) in [5.41, 5.74) is 1.25. The summed E-state index contributed by atoms with van der Waals surface area (Å²) >= 11 is 0. The van der Waals surface area contributed by atoms with Crippen LogP contribution in [0, 0.1) is 6.92 Å². The molecule has 1 unspecified atom stereocenters. The quantitative estimate of drug-likeness (QED) is 0.744. The molecule has 0 aliphatic carbocycles. The third-order valence-electron chi connectivity index (χ3n) is 2.38. The molecule has 1 atom stereocenters. The second-order valence-electron chi connectivity index (χ2n) is 3.50. The number of nitrogens with one attached hydrogen (secondary N) is 1. The van der Waals surface area contributed by atoms with Crippen LogP contribution < -0.4 is 5.32 Å². The third-order valence-corrected chi connectivity index (χ3v) is 2.38.